The SMILES string of the molecule is Cc1ccc(C(=C2[C@H]3C=C[C@@H]2[C@@H]2C(=O)NC(=O)[C@H]23)c2ccc(C)cc2)cc1. The molecule has 3 nitrogen and oxygen atoms in total. The molecule has 0 unspecified atom stereocenters. The summed E-state index contributed by atoms with van der Waals surface area (Å²) in [7, 11) is 0. The van der Waals surface area contributed by atoms with Gasteiger partial charge in [-0.15, -0.1) is 0 Å². The first-order valence-electron chi connectivity index (χ1n) is 9.46. The van der Waals surface area contributed by atoms with Crippen LogP contribution in [0.1, 0.15) is 22.3 Å². The first-order chi connectivity index (χ1) is 13.0. The summed E-state index contributed by atoms with van der Waals surface area (Å²) >= 11 is 0. The van der Waals surface area contributed by atoms with Gasteiger partial charge in [0.25, 0.3) is 0 Å². The van der Waals surface area contributed by atoms with E-state index in [-0.39, 0.29) is 35.5 Å². The number of aryl methyl sites for hydroxylation is 2. The van der Waals surface area contributed by atoms with Crippen molar-refractivity contribution < 1.29 is 9.59 Å². The van der Waals surface area contributed by atoms with Crippen LogP contribution in [0.4, 0.5) is 0 Å². The van der Waals surface area contributed by atoms with E-state index in [4.69, 9.17) is 0 Å². The Labute approximate surface area is 158 Å². The fourth-order valence-corrected chi connectivity index (χ4v) is 4.96. The van der Waals surface area contributed by atoms with Crippen molar-refractivity contribution in [3.63, 3.8) is 0 Å². The third-order valence-corrected chi connectivity index (χ3v) is 6.23. The molecule has 2 bridgehead atoms. The Kier molecular flexibility index (Phi) is 3.48. The Morgan fingerprint density at radius 2 is 1.11 bits per heavy atom. The molecule has 0 aromatic heterocycles. The fourth-order valence-electron chi connectivity index (χ4n) is 4.96. The number of nitrogens with one attached hydrogen (secondary N) is 1. The number of allylic oxidation sites excluding steroid dienone is 3. The molecular formula is C24H21NO2. The first kappa shape index (κ1) is 16.2. The Morgan fingerprint density at radius 1 is 0.704 bits per heavy atom. The quantitative estimate of drug-likeness (QED) is 0.658. The second-order valence-corrected chi connectivity index (χ2v) is 7.90. The van der Waals surface area contributed by atoms with E-state index in [2.05, 4.69) is 79.8 Å². The molecule has 2 aromatic carbocycles. The number of carbonyl (C=O) groups excluding carboxylic acids is 2. The Morgan fingerprint density at radius 3 is 1.52 bits per heavy atom. The molecule has 3 heteroatoms. The van der Waals surface area contributed by atoms with Crippen LogP contribution in [0.2, 0.25) is 0 Å². The lowest BCUT2D eigenvalue weighted by atomic mass is 9.85. The smallest absolute Gasteiger partial charge is 0.231 e. The summed E-state index contributed by atoms with van der Waals surface area (Å²) in [6.07, 6.45) is 4.25. The fraction of sp³-hybridized carbons (Fsp3) is 0.250. The highest BCUT2D eigenvalue weighted by Gasteiger charge is 2.59. The van der Waals surface area contributed by atoms with Crippen LogP contribution in [0.5, 0.6) is 0 Å². The van der Waals surface area contributed by atoms with E-state index in [0.717, 1.165) is 11.1 Å². The van der Waals surface area contributed by atoms with Gasteiger partial charge in [0.05, 0.1) is 11.8 Å². The van der Waals surface area contributed by atoms with Gasteiger partial charge in [-0.25, -0.2) is 0 Å². The topological polar surface area (TPSA) is 46.2 Å². The van der Waals surface area contributed by atoms with Crippen LogP contribution >= 0.6 is 0 Å². The summed E-state index contributed by atoms with van der Waals surface area (Å²) in [4.78, 5) is 24.8. The molecule has 2 aromatic rings. The van der Waals surface area contributed by atoms with Crippen LogP contribution in [0.3, 0.4) is 0 Å². The van der Waals surface area contributed by atoms with Crippen LogP contribution < -0.4 is 5.32 Å². The van der Waals surface area contributed by atoms with Gasteiger partial charge in [0.15, 0.2) is 0 Å². The molecule has 5 rings (SSSR count). The van der Waals surface area contributed by atoms with Crippen molar-refractivity contribution in [2.45, 2.75) is 13.8 Å². The summed E-state index contributed by atoms with van der Waals surface area (Å²) in [6, 6.07) is 17.1. The standard InChI is InChI=1S/C24H21NO2/c1-13-3-7-15(8-4-13)19(16-9-5-14(2)6-10-16)20-17-11-12-18(20)22-21(17)23(26)25-24(22)27/h3-12,17-18,21-22H,1-2H3,(H,25,26,27)/t17-,18+,21-,22-/m0/s1. The minimum Gasteiger partial charge on any atom is -0.296 e. The Hall–Kier alpha value is -2.94. The summed E-state index contributed by atoms with van der Waals surface area (Å²) in [5.74, 6) is -0.743. The molecule has 3 aliphatic rings. The van der Waals surface area contributed by atoms with Crippen molar-refractivity contribution >= 4 is 17.4 Å². The molecule has 2 fully saturated rings. The van der Waals surface area contributed by atoms with Gasteiger partial charge < -0.3 is 0 Å². The molecule has 1 saturated heterocycles. The van der Waals surface area contributed by atoms with Gasteiger partial charge in [0.2, 0.25) is 11.8 Å². The largest absolute Gasteiger partial charge is 0.296 e. The highest BCUT2D eigenvalue weighted by molar-refractivity contribution is 6.08. The van der Waals surface area contributed by atoms with Crippen LogP contribution in [-0.2, 0) is 9.59 Å². The number of hydrogen-bond donors (Lipinski definition) is 1. The minimum atomic E-state index is -0.256. The van der Waals surface area contributed by atoms with Crippen LogP contribution in [0.25, 0.3) is 5.57 Å². The van der Waals surface area contributed by atoms with Crippen molar-refractivity contribution in [2.24, 2.45) is 23.7 Å². The molecule has 2 aliphatic carbocycles. The lowest BCUT2D eigenvalue weighted by Gasteiger charge is -2.18. The lowest BCUT2D eigenvalue weighted by Crippen LogP contribution is -2.26. The van der Waals surface area contributed by atoms with E-state index in [0.29, 0.717) is 0 Å². The van der Waals surface area contributed by atoms with Crippen molar-refractivity contribution in [3.05, 3.63) is 88.5 Å². The van der Waals surface area contributed by atoms with Crippen LogP contribution in [-0.4, -0.2) is 11.8 Å². The number of imide groups is 1. The van der Waals surface area contributed by atoms with E-state index < -0.39 is 0 Å². The molecule has 0 spiro atoms. The molecular weight excluding hydrogens is 334 g/mol. The summed E-state index contributed by atoms with van der Waals surface area (Å²) in [5.41, 5.74) is 7.11. The van der Waals surface area contributed by atoms with E-state index >= 15 is 0 Å². The van der Waals surface area contributed by atoms with Gasteiger partial charge in [0.1, 0.15) is 0 Å². The molecule has 1 saturated carbocycles. The zero-order chi connectivity index (χ0) is 18.7. The predicted octanol–water partition coefficient (Wildman–Crippen LogP) is 3.81. The Bertz CT molecular complexity index is 932. The van der Waals surface area contributed by atoms with Crippen molar-refractivity contribution in [1.82, 2.24) is 5.32 Å². The normalized spacial score (nSPS) is 27.9. The van der Waals surface area contributed by atoms with Crippen molar-refractivity contribution in [3.8, 4) is 0 Å². The maximum atomic E-state index is 12.4. The zero-order valence-electron chi connectivity index (χ0n) is 15.4. The maximum absolute atomic E-state index is 12.4. The van der Waals surface area contributed by atoms with Crippen LogP contribution in [0.15, 0.2) is 66.3 Å². The highest BCUT2D eigenvalue weighted by atomic mass is 16.2. The second kappa shape index (κ2) is 5.78. The average molecular weight is 355 g/mol. The van der Waals surface area contributed by atoms with Gasteiger partial charge >= 0.3 is 0 Å². The van der Waals surface area contributed by atoms with E-state index in [9.17, 15) is 9.59 Å². The third-order valence-electron chi connectivity index (χ3n) is 6.23. The molecule has 4 atom stereocenters. The number of carbonyl (C=O) groups is 2. The number of amides is 2. The van der Waals surface area contributed by atoms with E-state index in [1.54, 1.807) is 0 Å². The van der Waals surface area contributed by atoms with Gasteiger partial charge in [-0.3, -0.25) is 14.9 Å². The lowest BCUT2D eigenvalue weighted by molar-refractivity contribution is -0.126. The number of benzene rings is 2. The van der Waals surface area contributed by atoms with Crippen LogP contribution in [0, 0.1) is 37.5 Å². The minimum absolute atomic E-state index is 0.00376. The molecule has 1 aliphatic heterocycles. The van der Waals surface area contributed by atoms with Gasteiger partial charge in [-0.05, 0) is 36.1 Å². The maximum Gasteiger partial charge on any atom is 0.231 e. The van der Waals surface area contributed by atoms with Gasteiger partial charge in [-0.2, -0.15) is 0 Å². The highest BCUT2D eigenvalue weighted by Crippen LogP contribution is 2.56. The third kappa shape index (κ3) is 2.34. The molecule has 1 heterocycles. The molecule has 134 valence electrons. The summed E-state index contributed by atoms with van der Waals surface area (Å²) in [5, 5.41) is 2.53. The van der Waals surface area contributed by atoms with Gasteiger partial charge in [-0.1, -0.05) is 71.8 Å². The first-order valence-corrected chi connectivity index (χ1v) is 9.46. The zero-order valence-corrected chi connectivity index (χ0v) is 15.4. The monoisotopic (exact) mass is 355 g/mol. The summed E-state index contributed by atoms with van der Waals surface area (Å²) < 4.78 is 0. The summed E-state index contributed by atoms with van der Waals surface area (Å²) in [6.45, 7) is 4.16. The van der Waals surface area contributed by atoms with E-state index in [1.165, 1.54) is 22.3 Å². The average Bonchev–Trinajstić information content (AvgIpc) is 3.30. The van der Waals surface area contributed by atoms with Crippen molar-refractivity contribution in [2.75, 3.05) is 0 Å². The molecule has 0 radical (unpaired) electrons. The Balaban J connectivity index is 1.74. The number of hydrogen-bond acceptors (Lipinski definition) is 2. The predicted molar refractivity (Wildman–Crippen MR) is 105 cm³/mol. The van der Waals surface area contributed by atoms with Gasteiger partial charge in [0, 0.05) is 11.8 Å². The molecule has 2 amide bonds. The van der Waals surface area contributed by atoms with Crippen molar-refractivity contribution in [1.29, 1.82) is 0 Å². The second-order valence-electron chi connectivity index (χ2n) is 7.90. The molecule has 27 heavy (non-hydrogen) atoms. The van der Waals surface area contributed by atoms with E-state index in [1.807, 2.05) is 0 Å². The number of rotatable bonds is 2. The molecule has 1 N–H and O–H groups in total. The number of fused-ring (bicyclic) bond motifs is 5.